The fourth-order valence-corrected chi connectivity index (χ4v) is 2.02. The van der Waals surface area contributed by atoms with Crippen molar-refractivity contribution >= 4 is 17.4 Å². The fourth-order valence-electron chi connectivity index (χ4n) is 2.02. The summed E-state index contributed by atoms with van der Waals surface area (Å²) in [5, 5.41) is 25.2. The third-order valence-electron chi connectivity index (χ3n) is 3.19. The number of benzene rings is 1. The summed E-state index contributed by atoms with van der Waals surface area (Å²) in [7, 11) is 0. The number of anilines is 1. The van der Waals surface area contributed by atoms with Gasteiger partial charge in [0.2, 0.25) is 0 Å². The zero-order valence-electron chi connectivity index (χ0n) is 12.3. The van der Waals surface area contributed by atoms with E-state index in [9.17, 15) is 20.0 Å². The van der Waals surface area contributed by atoms with Crippen LogP contribution in [0.2, 0.25) is 0 Å². The zero-order valence-corrected chi connectivity index (χ0v) is 12.3. The van der Waals surface area contributed by atoms with Crippen molar-refractivity contribution in [3.63, 3.8) is 0 Å². The van der Waals surface area contributed by atoms with Gasteiger partial charge in [-0.3, -0.25) is 10.1 Å². The van der Waals surface area contributed by atoms with Gasteiger partial charge in [0, 0.05) is 43.3 Å². The molecule has 2 amide bonds. The zero-order chi connectivity index (χ0) is 16.7. The predicted molar refractivity (Wildman–Crippen MR) is 83.1 cm³/mol. The quantitative estimate of drug-likeness (QED) is 0.534. The molecule has 1 aromatic heterocycles. The molecule has 0 unspecified atom stereocenters. The van der Waals surface area contributed by atoms with Crippen molar-refractivity contribution in [3.8, 4) is 0 Å². The minimum atomic E-state index is -0.533. The Bertz CT molecular complexity index is 657. The largest absolute Gasteiger partial charge is 0.469 e. The van der Waals surface area contributed by atoms with Crippen LogP contribution in [0.5, 0.6) is 0 Å². The van der Waals surface area contributed by atoms with E-state index in [2.05, 4.69) is 10.6 Å². The Labute approximate surface area is 132 Å². The van der Waals surface area contributed by atoms with Gasteiger partial charge in [-0.25, -0.2) is 4.79 Å². The lowest BCUT2D eigenvalue weighted by atomic mass is 10.1. The summed E-state index contributed by atoms with van der Waals surface area (Å²) >= 11 is 0. The Morgan fingerprint density at radius 3 is 2.83 bits per heavy atom. The van der Waals surface area contributed by atoms with Crippen molar-refractivity contribution < 1.29 is 19.2 Å². The van der Waals surface area contributed by atoms with Crippen LogP contribution in [0, 0.1) is 16.0 Å². The lowest BCUT2D eigenvalue weighted by Crippen LogP contribution is -2.34. The first kappa shape index (κ1) is 16.5. The molecule has 0 radical (unpaired) electrons. The molecule has 1 atom stereocenters. The molecule has 3 N–H and O–H groups in total. The monoisotopic (exact) mass is 319 g/mol. The predicted octanol–water partition coefficient (Wildman–Crippen LogP) is 2.16. The highest BCUT2D eigenvalue weighted by Crippen LogP contribution is 2.16. The maximum Gasteiger partial charge on any atom is 0.319 e. The van der Waals surface area contributed by atoms with Crippen molar-refractivity contribution in [1.29, 1.82) is 0 Å². The smallest absolute Gasteiger partial charge is 0.319 e. The number of nitrogens with one attached hydrogen (secondary N) is 2. The fraction of sp³-hybridized carbons (Fsp3) is 0.267. The van der Waals surface area contributed by atoms with Gasteiger partial charge in [0.05, 0.1) is 11.2 Å². The van der Waals surface area contributed by atoms with Crippen LogP contribution >= 0.6 is 0 Å². The van der Waals surface area contributed by atoms with Crippen LogP contribution in [-0.4, -0.2) is 29.2 Å². The van der Waals surface area contributed by atoms with Gasteiger partial charge >= 0.3 is 6.03 Å². The van der Waals surface area contributed by atoms with Crippen molar-refractivity contribution in [2.24, 2.45) is 5.92 Å². The summed E-state index contributed by atoms with van der Waals surface area (Å²) in [6.45, 7) is 0.149. The number of carbonyl (C=O) groups excluding carboxylic acids is 1. The van der Waals surface area contributed by atoms with Crippen molar-refractivity contribution in [2.45, 2.75) is 6.42 Å². The minimum Gasteiger partial charge on any atom is -0.469 e. The molecule has 0 aliphatic carbocycles. The number of furan rings is 1. The van der Waals surface area contributed by atoms with E-state index in [0.717, 1.165) is 5.76 Å². The maximum absolute atomic E-state index is 11.8. The number of rotatable bonds is 7. The van der Waals surface area contributed by atoms with E-state index in [-0.39, 0.29) is 24.8 Å². The Balaban J connectivity index is 1.84. The van der Waals surface area contributed by atoms with Crippen LogP contribution in [0.15, 0.2) is 47.1 Å². The highest BCUT2D eigenvalue weighted by atomic mass is 16.6. The van der Waals surface area contributed by atoms with E-state index in [1.165, 1.54) is 18.2 Å². The summed E-state index contributed by atoms with van der Waals surface area (Å²) in [5.74, 6) is 0.543. The molecule has 1 heterocycles. The summed E-state index contributed by atoms with van der Waals surface area (Å²) in [6, 6.07) is 8.71. The van der Waals surface area contributed by atoms with Crippen LogP contribution in [0.1, 0.15) is 5.76 Å². The summed E-state index contributed by atoms with van der Waals surface area (Å²) in [4.78, 5) is 22.0. The number of carbonyl (C=O) groups is 1. The van der Waals surface area contributed by atoms with Gasteiger partial charge in [0.1, 0.15) is 5.76 Å². The maximum atomic E-state index is 11.8. The normalized spacial score (nSPS) is 11.7. The first-order valence-electron chi connectivity index (χ1n) is 7.01. The number of non-ortho nitro benzene ring substituents is 1. The second kappa shape index (κ2) is 7.95. The standard InChI is InChI=1S/C15H17N3O5/c19-10-11(7-14-5-2-6-23-14)9-16-15(20)17-12-3-1-4-13(8-12)18(21)22/h1-6,8,11,19H,7,9-10H2,(H2,16,17,20)/t11-/m0/s1. The molecule has 1 aromatic carbocycles. The van der Waals surface area contributed by atoms with Gasteiger partial charge in [0.25, 0.3) is 5.69 Å². The average Bonchev–Trinajstić information content (AvgIpc) is 3.04. The van der Waals surface area contributed by atoms with Gasteiger partial charge in [-0.05, 0) is 18.2 Å². The van der Waals surface area contributed by atoms with E-state index in [4.69, 9.17) is 4.42 Å². The van der Waals surface area contributed by atoms with Gasteiger partial charge in [-0.15, -0.1) is 0 Å². The molecule has 0 saturated heterocycles. The third kappa shape index (κ3) is 5.11. The highest BCUT2D eigenvalue weighted by Gasteiger charge is 2.13. The van der Waals surface area contributed by atoms with E-state index >= 15 is 0 Å². The molecule has 0 aliphatic heterocycles. The van der Waals surface area contributed by atoms with E-state index in [1.807, 2.05) is 0 Å². The Hall–Kier alpha value is -2.87. The topological polar surface area (TPSA) is 118 Å². The summed E-state index contributed by atoms with van der Waals surface area (Å²) < 4.78 is 5.20. The lowest BCUT2D eigenvalue weighted by Gasteiger charge is -2.14. The minimum absolute atomic E-state index is 0.0994. The molecule has 2 aromatic rings. The van der Waals surface area contributed by atoms with Crippen LogP contribution in [0.25, 0.3) is 0 Å². The number of amides is 2. The second-order valence-electron chi connectivity index (χ2n) is 4.97. The van der Waals surface area contributed by atoms with Gasteiger partial charge in [-0.1, -0.05) is 6.07 Å². The molecule has 0 aliphatic rings. The number of nitro groups is 1. The summed E-state index contributed by atoms with van der Waals surface area (Å²) in [6.07, 6.45) is 2.05. The van der Waals surface area contributed by atoms with Crippen LogP contribution in [-0.2, 0) is 6.42 Å². The molecule has 2 rings (SSSR count). The number of nitro benzene ring substituents is 1. The van der Waals surface area contributed by atoms with Crippen LogP contribution in [0.3, 0.4) is 0 Å². The number of hydrogen-bond donors (Lipinski definition) is 3. The van der Waals surface area contributed by atoms with Gasteiger partial charge in [0.15, 0.2) is 0 Å². The molecular formula is C15H17N3O5. The Morgan fingerprint density at radius 1 is 1.35 bits per heavy atom. The first-order chi connectivity index (χ1) is 11.1. The van der Waals surface area contributed by atoms with Crippen LogP contribution in [0.4, 0.5) is 16.2 Å². The molecule has 8 nitrogen and oxygen atoms in total. The number of aliphatic hydroxyl groups excluding tert-OH is 1. The summed E-state index contributed by atoms with van der Waals surface area (Å²) in [5.41, 5.74) is 0.220. The number of urea groups is 1. The molecule has 23 heavy (non-hydrogen) atoms. The Kier molecular flexibility index (Phi) is 5.70. The SMILES string of the molecule is O=C(NC[C@@H](CO)Cc1ccco1)Nc1cccc([N+](=O)[O-])c1. The van der Waals surface area contributed by atoms with E-state index < -0.39 is 11.0 Å². The van der Waals surface area contributed by atoms with Crippen LogP contribution < -0.4 is 10.6 Å². The van der Waals surface area contributed by atoms with E-state index in [0.29, 0.717) is 12.1 Å². The first-order valence-corrected chi connectivity index (χ1v) is 7.01. The van der Waals surface area contributed by atoms with E-state index in [1.54, 1.807) is 24.5 Å². The number of hydrogen-bond acceptors (Lipinski definition) is 5. The molecule has 122 valence electrons. The molecule has 0 spiro atoms. The average molecular weight is 319 g/mol. The van der Waals surface area contributed by atoms with Gasteiger partial charge in [-0.2, -0.15) is 0 Å². The lowest BCUT2D eigenvalue weighted by molar-refractivity contribution is -0.384. The molecule has 0 saturated carbocycles. The van der Waals surface area contributed by atoms with Gasteiger partial charge < -0.3 is 20.2 Å². The van der Waals surface area contributed by atoms with Crippen molar-refractivity contribution in [1.82, 2.24) is 5.32 Å². The number of aliphatic hydroxyl groups is 1. The molecule has 0 bridgehead atoms. The molecular weight excluding hydrogens is 302 g/mol. The second-order valence-corrected chi connectivity index (χ2v) is 4.97. The molecule has 0 fully saturated rings. The van der Waals surface area contributed by atoms with Crippen molar-refractivity contribution in [2.75, 3.05) is 18.5 Å². The Morgan fingerprint density at radius 2 is 2.17 bits per heavy atom. The number of nitrogens with zero attached hydrogens (tertiary/aromatic N) is 1. The third-order valence-corrected chi connectivity index (χ3v) is 3.19. The van der Waals surface area contributed by atoms with Crippen molar-refractivity contribution in [3.05, 3.63) is 58.5 Å². The molecule has 8 heteroatoms. The highest BCUT2D eigenvalue weighted by molar-refractivity contribution is 5.89.